The maximum Gasteiger partial charge on any atom is 0.273 e. The molecule has 5 nitrogen and oxygen atoms in total. The lowest BCUT2D eigenvalue weighted by Crippen LogP contribution is -2.59. The summed E-state index contributed by atoms with van der Waals surface area (Å²) in [6, 6.07) is 2.22. The fourth-order valence-electron chi connectivity index (χ4n) is 4.66. The van der Waals surface area contributed by atoms with E-state index in [1.165, 1.54) is 30.6 Å². The largest absolute Gasteiger partial charge is 0.334 e. The predicted octanol–water partition coefficient (Wildman–Crippen LogP) is 4.85. The highest BCUT2D eigenvalue weighted by molar-refractivity contribution is 7.18. The number of aryl methyl sites for hydroxylation is 1. The predicted molar refractivity (Wildman–Crippen MR) is 120 cm³/mol. The Bertz CT molecular complexity index is 922. The minimum atomic E-state index is -0.0240. The number of amides is 1. The number of hydrogen-bond donors (Lipinski definition) is 0. The Hall–Kier alpha value is -1.53. The minimum absolute atomic E-state index is 0.0240. The molecule has 2 fully saturated rings. The van der Waals surface area contributed by atoms with E-state index < -0.39 is 0 Å². The molecule has 2 aliphatic rings. The number of rotatable bonds is 2. The molecule has 0 spiro atoms. The van der Waals surface area contributed by atoms with Crippen molar-refractivity contribution in [2.24, 2.45) is 5.41 Å². The number of piperazine rings is 1. The number of likely N-dealkylation sites (N-methyl/N-ethyl adjacent to an activating group) is 1. The van der Waals surface area contributed by atoms with Gasteiger partial charge in [0, 0.05) is 35.4 Å². The summed E-state index contributed by atoms with van der Waals surface area (Å²) in [5.41, 5.74) is 1.02. The molecule has 0 bridgehead atoms. The Labute approximate surface area is 178 Å². The molecule has 1 saturated heterocycles. The first-order chi connectivity index (χ1) is 13.6. The summed E-state index contributed by atoms with van der Waals surface area (Å²) in [6.07, 6.45) is 4.97. The van der Waals surface area contributed by atoms with Crippen molar-refractivity contribution in [3.63, 3.8) is 0 Å². The van der Waals surface area contributed by atoms with Crippen LogP contribution in [0, 0.1) is 12.3 Å². The van der Waals surface area contributed by atoms with Crippen LogP contribution in [0.1, 0.15) is 80.5 Å². The van der Waals surface area contributed by atoms with Crippen LogP contribution in [0.3, 0.4) is 0 Å². The molecule has 2 aromatic heterocycles. The van der Waals surface area contributed by atoms with Crippen molar-refractivity contribution in [1.29, 1.82) is 0 Å². The van der Waals surface area contributed by atoms with E-state index in [1.807, 2.05) is 11.8 Å². The molecule has 3 heterocycles. The number of carbonyl (C=O) groups is 1. The lowest BCUT2D eigenvalue weighted by molar-refractivity contribution is 0.0308. The van der Waals surface area contributed by atoms with Gasteiger partial charge in [-0.15, -0.1) is 11.3 Å². The van der Waals surface area contributed by atoms with E-state index in [4.69, 9.17) is 0 Å². The van der Waals surface area contributed by atoms with E-state index in [1.54, 1.807) is 11.3 Å². The normalized spacial score (nSPS) is 22.9. The van der Waals surface area contributed by atoms with Crippen LogP contribution in [0.2, 0.25) is 0 Å². The maximum absolute atomic E-state index is 13.5. The van der Waals surface area contributed by atoms with Crippen molar-refractivity contribution >= 4 is 27.5 Å². The standard InChI is InChI=1S/C23H34N4OS/c1-15-24-19(21(28)27-12-11-26(6)23(4,5)14-27)17-13-18(29-20(17)25-15)16-7-9-22(2,3)10-8-16/h13,16H,7-12,14H2,1-6H3. The molecule has 0 atom stereocenters. The van der Waals surface area contributed by atoms with E-state index in [-0.39, 0.29) is 11.4 Å². The maximum atomic E-state index is 13.5. The van der Waals surface area contributed by atoms with Crippen LogP contribution in [-0.2, 0) is 0 Å². The first kappa shape index (κ1) is 20.7. The Morgan fingerprint density at radius 3 is 2.48 bits per heavy atom. The van der Waals surface area contributed by atoms with Crippen molar-refractivity contribution < 1.29 is 4.79 Å². The van der Waals surface area contributed by atoms with Crippen molar-refractivity contribution in [3.05, 3.63) is 22.5 Å². The molecular formula is C23H34N4OS. The first-order valence-corrected chi connectivity index (χ1v) is 11.7. The van der Waals surface area contributed by atoms with Crippen LogP contribution in [0.15, 0.2) is 6.07 Å². The van der Waals surface area contributed by atoms with E-state index in [0.717, 1.165) is 29.9 Å². The van der Waals surface area contributed by atoms with Crippen molar-refractivity contribution in [2.45, 2.75) is 71.8 Å². The number of carbonyl (C=O) groups excluding carboxylic acids is 1. The first-order valence-electron chi connectivity index (χ1n) is 10.8. The number of hydrogen-bond acceptors (Lipinski definition) is 5. The zero-order valence-corrected chi connectivity index (χ0v) is 19.5. The number of nitrogens with zero attached hydrogens (tertiary/aromatic N) is 4. The van der Waals surface area contributed by atoms with Crippen LogP contribution in [0.5, 0.6) is 0 Å². The van der Waals surface area contributed by atoms with Gasteiger partial charge in [0.05, 0.1) is 0 Å². The topological polar surface area (TPSA) is 49.3 Å². The summed E-state index contributed by atoms with van der Waals surface area (Å²) >= 11 is 1.77. The second kappa shape index (κ2) is 7.31. The van der Waals surface area contributed by atoms with E-state index in [0.29, 0.717) is 22.9 Å². The van der Waals surface area contributed by atoms with Crippen LogP contribution in [0.25, 0.3) is 10.2 Å². The van der Waals surface area contributed by atoms with Gasteiger partial charge in [0.15, 0.2) is 0 Å². The highest BCUT2D eigenvalue weighted by Gasteiger charge is 2.35. The smallest absolute Gasteiger partial charge is 0.273 e. The molecule has 0 radical (unpaired) electrons. The van der Waals surface area contributed by atoms with Gasteiger partial charge in [-0.3, -0.25) is 9.69 Å². The molecule has 1 aliphatic heterocycles. The molecule has 2 aromatic rings. The Morgan fingerprint density at radius 1 is 1.14 bits per heavy atom. The molecule has 4 rings (SSSR count). The molecule has 158 valence electrons. The average molecular weight is 415 g/mol. The minimum Gasteiger partial charge on any atom is -0.334 e. The molecule has 0 N–H and O–H groups in total. The fraction of sp³-hybridized carbons (Fsp3) is 0.696. The Balaban J connectivity index is 1.64. The highest BCUT2D eigenvalue weighted by Crippen LogP contribution is 2.45. The fourth-order valence-corrected chi connectivity index (χ4v) is 5.90. The summed E-state index contributed by atoms with van der Waals surface area (Å²) in [4.78, 5) is 29.4. The summed E-state index contributed by atoms with van der Waals surface area (Å²) in [5, 5.41) is 0.946. The van der Waals surface area contributed by atoms with Gasteiger partial charge < -0.3 is 4.90 Å². The Morgan fingerprint density at radius 2 is 1.83 bits per heavy atom. The number of fused-ring (bicyclic) bond motifs is 1. The zero-order valence-electron chi connectivity index (χ0n) is 18.7. The van der Waals surface area contributed by atoms with Gasteiger partial charge in [0.25, 0.3) is 5.91 Å². The molecule has 1 saturated carbocycles. The third kappa shape index (κ3) is 4.06. The molecule has 0 unspecified atom stereocenters. The van der Waals surface area contributed by atoms with Crippen LogP contribution in [0.4, 0.5) is 0 Å². The molecule has 6 heteroatoms. The van der Waals surface area contributed by atoms with Crippen LogP contribution >= 0.6 is 11.3 Å². The van der Waals surface area contributed by atoms with Gasteiger partial charge >= 0.3 is 0 Å². The quantitative estimate of drug-likeness (QED) is 0.705. The molecule has 1 aliphatic carbocycles. The van der Waals surface area contributed by atoms with Crippen molar-refractivity contribution in [2.75, 3.05) is 26.7 Å². The van der Waals surface area contributed by atoms with E-state index in [9.17, 15) is 4.79 Å². The third-order valence-electron chi connectivity index (χ3n) is 7.07. The summed E-state index contributed by atoms with van der Waals surface area (Å²) < 4.78 is 0. The lowest BCUT2D eigenvalue weighted by atomic mass is 9.73. The second-order valence-electron chi connectivity index (χ2n) is 10.4. The monoisotopic (exact) mass is 414 g/mol. The Kier molecular flexibility index (Phi) is 5.23. The van der Waals surface area contributed by atoms with E-state index in [2.05, 4.69) is 55.7 Å². The van der Waals surface area contributed by atoms with Crippen molar-refractivity contribution in [3.8, 4) is 0 Å². The van der Waals surface area contributed by atoms with Gasteiger partial charge in [-0.05, 0) is 70.9 Å². The van der Waals surface area contributed by atoms with Gasteiger partial charge in [-0.25, -0.2) is 9.97 Å². The molecule has 0 aromatic carbocycles. The van der Waals surface area contributed by atoms with Gasteiger partial charge in [-0.1, -0.05) is 13.8 Å². The average Bonchev–Trinajstić information content (AvgIpc) is 3.06. The summed E-state index contributed by atoms with van der Waals surface area (Å²) in [6.45, 7) is 13.4. The highest BCUT2D eigenvalue weighted by atomic mass is 32.1. The van der Waals surface area contributed by atoms with Gasteiger partial charge in [0.2, 0.25) is 0 Å². The zero-order chi connectivity index (χ0) is 21.0. The molecular weight excluding hydrogens is 380 g/mol. The molecule has 29 heavy (non-hydrogen) atoms. The van der Waals surface area contributed by atoms with Gasteiger partial charge in [-0.2, -0.15) is 0 Å². The SMILES string of the molecule is Cc1nc(C(=O)N2CCN(C)C(C)(C)C2)c2cc(C3CCC(C)(C)CC3)sc2n1. The third-order valence-corrected chi connectivity index (χ3v) is 8.26. The summed E-state index contributed by atoms with van der Waals surface area (Å²) in [5.74, 6) is 1.33. The van der Waals surface area contributed by atoms with Gasteiger partial charge in [0.1, 0.15) is 16.3 Å². The van der Waals surface area contributed by atoms with Crippen LogP contribution < -0.4 is 0 Å². The summed E-state index contributed by atoms with van der Waals surface area (Å²) in [7, 11) is 2.13. The van der Waals surface area contributed by atoms with E-state index >= 15 is 0 Å². The van der Waals surface area contributed by atoms with Crippen molar-refractivity contribution in [1.82, 2.24) is 19.8 Å². The molecule has 1 amide bonds. The lowest BCUT2D eigenvalue weighted by Gasteiger charge is -2.45. The van der Waals surface area contributed by atoms with Crippen LogP contribution in [-0.4, -0.2) is 57.9 Å². The second-order valence-corrected chi connectivity index (χ2v) is 11.4. The number of aromatic nitrogens is 2. The number of thiophene rings is 1.